The molecule has 90 valence electrons. The van der Waals surface area contributed by atoms with Crippen LogP contribution in [0.5, 0.6) is 0 Å². The lowest BCUT2D eigenvalue weighted by Gasteiger charge is -1.98. The maximum absolute atomic E-state index is 11.0. The summed E-state index contributed by atoms with van der Waals surface area (Å²) in [6.07, 6.45) is 8.40. The van der Waals surface area contributed by atoms with Gasteiger partial charge in [0.1, 0.15) is 0 Å². The van der Waals surface area contributed by atoms with Crippen LogP contribution in [0, 0.1) is 11.8 Å². The molecular formula is C13H20O3. The van der Waals surface area contributed by atoms with Gasteiger partial charge in [-0.1, -0.05) is 45.4 Å². The molecule has 0 aliphatic rings. The largest absolute Gasteiger partial charge is 0.472 e. The fraction of sp³-hybridized carbons (Fsp3) is 0.692. The summed E-state index contributed by atoms with van der Waals surface area (Å²) < 4.78 is 0. The molecule has 0 aliphatic heterocycles. The number of hydrogen-bond donors (Lipinski definition) is 1. The zero-order valence-electron chi connectivity index (χ0n) is 9.92. The van der Waals surface area contributed by atoms with Gasteiger partial charge in [0.2, 0.25) is 5.78 Å². The summed E-state index contributed by atoms with van der Waals surface area (Å²) in [5, 5.41) is 8.23. The Morgan fingerprint density at radius 3 is 2.06 bits per heavy atom. The summed E-state index contributed by atoms with van der Waals surface area (Å²) >= 11 is 0. The number of unbranched alkanes of at least 4 members (excludes halogenated alkanes) is 6. The van der Waals surface area contributed by atoms with Crippen LogP contribution in [0.3, 0.4) is 0 Å². The molecule has 0 radical (unpaired) electrons. The lowest BCUT2D eigenvalue weighted by atomic mass is 10.1. The number of carboxylic acids is 1. The molecule has 0 rings (SSSR count). The second kappa shape index (κ2) is 10.2. The van der Waals surface area contributed by atoms with Gasteiger partial charge in [-0.15, -0.1) is 0 Å². The molecule has 0 aromatic rings. The summed E-state index contributed by atoms with van der Waals surface area (Å²) in [4.78, 5) is 21.1. The Hall–Kier alpha value is -1.30. The summed E-state index contributed by atoms with van der Waals surface area (Å²) in [5.74, 6) is 2.43. The van der Waals surface area contributed by atoms with Crippen LogP contribution in [0.2, 0.25) is 0 Å². The number of carbonyl (C=O) groups excluding carboxylic acids is 1. The number of aliphatic carboxylic acids is 1. The van der Waals surface area contributed by atoms with E-state index in [1.165, 1.54) is 25.7 Å². The predicted molar refractivity (Wildman–Crippen MR) is 63.0 cm³/mol. The number of Topliss-reactive ketones (excluding diaryl/α,β-unsaturated/α-hetero) is 1. The summed E-state index contributed by atoms with van der Waals surface area (Å²) in [6.45, 7) is 2.18. The van der Waals surface area contributed by atoms with Gasteiger partial charge in [-0.3, -0.25) is 4.79 Å². The Morgan fingerprint density at radius 1 is 0.938 bits per heavy atom. The van der Waals surface area contributed by atoms with Gasteiger partial charge in [0.05, 0.1) is 0 Å². The Balaban J connectivity index is 3.36. The van der Waals surface area contributed by atoms with Crippen molar-refractivity contribution < 1.29 is 14.7 Å². The molecule has 0 unspecified atom stereocenters. The lowest BCUT2D eigenvalue weighted by molar-refractivity contribution is -0.130. The fourth-order valence-corrected chi connectivity index (χ4v) is 1.43. The minimum absolute atomic E-state index is 0.268. The molecule has 0 amide bonds. The molecular weight excluding hydrogens is 204 g/mol. The second-order valence-electron chi connectivity index (χ2n) is 3.85. The van der Waals surface area contributed by atoms with E-state index >= 15 is 0 Å². The quantitative estimate of drug-likeness (QED) is 0.392. The number of carboxylic acid groups (broad SMARTS) is 1. The molecule has 0 fully saturated rings. The lowest BCUT2D eigenvalue weighted by Crippen LogP contribution is -1.96. The van der Waals surface area contributed by atoms with Crippen molar-refractivity contribution >= 4 is 11.8 Å². The monoisotopic (exact) mass is 224 g/mol. The number of hydrogen-bond acceptors (Lipinski definition) is 2. The highest BCUT2D eigenvalue weighted by molar-refractivity contribution is 6.01. The summed E-state index contributed by atoms with van der Waals surface area (Å²) in [6, 6.07) is 0. The SMILES string of the molecule is CCCCCCCCCC(=O)C#CC(=O)O. The van der Waals surface area contributed by atoms with Gasteiger partial charge in [-0.05, 0) is 12.3 Å². The van der Waals surface area contributed by atoms with Crippen LogP contribution in [-0.2, 0) is 9.59 Å². The third kappa shape index (κ3) is 10.8. The third-order valence-corrected chi connectivity index (χ3v) is 2.32. The first-order chi connectivity index (χ1) is 7.66. The van der Waals surface area contributed by atoms with E-state index in [2.05, 4.69) is 12.8 Å². The normalized spacial score (nSPS) is 9.31. The molecule has 0 aromatic carbocycles. The minimum atomic E-state index is -1.24. The van der Waals surface area contributed by atoms with Crippen molar-refractivity contribution in [1.82, 2.24) is 0 Å². The van der Waals surface area contributed by atoms with Crippen LogP contribution in [0.1, 0.15) is 58.3 Å². The molecule has 0 bridgehead atoms. The van der Waals surface area contributed by atoms with Gasteiger partial charge in [-0.25, -0.2) is 4.79 Å². The maximum atomic E-state index is 11.0. The van der Waals surface area contributed by atoms with Gasteiger partial charge >= 0.3 is 5.97 Å². The van der Waals surface area contributed by atoms with Crippen molar-refractivity contribution in [3.63, 3.8) is 0 Å². The standard InChI is InChI=1S/C13H20O3/c1-2-3-4-5-6-7-8-9-12(14)10-11-13(15)16/h2-9H2,1H3,(H,15,16). The van der Waals surface area contributed by atoms with Crippen molar-refractivity contribution in [2.45, 2.75) is 58.3 Å². The van der Waals surface area contributed by atoms with Gasteiger partial charge < -0.3 is 5.11 Å². The van der Waals surface area contributed by atoms with Gasteiger partial charge in [0, 0.05) is 12.3 Å². The highest BCUT2D eigenvalue weighted by Crippen LogP contribution is 2.08. The average molecular weight is 224 g/mol. The van der Waals surface area contributed by atoms with Crippen LogP contribution in [0.15, 0.2) is 0 Å². The zero-order valence-corrected chi connectivity index (χ0v) is 9.92. The van der Waals surface area contributed by atoms with E-state index in [-0.39, 0.29) is 5.78 Å². The molecule has 0 saturated heterocycles. The van der Waals surface area contributed by atoms with E-state index in [4.69, 9.17) is 5.11 Å². The summed E-state index contributed by atoms with van der Waals surface area (Å²) in [5.41, 5.74) is 0. The molecule has 0 saturated carbocycles. The number of ketones is 1. The van der Waals surface area contributed by atoms with E-state index in [1.807, 2.05) is 5.92 Å². The molecule has 3 heteroatoms. The highest BCUT2D eigenvalue weighted by Gasteiger charge is 1.97. The zero-order chi connectivity index (χ0) is 12.2. The van der Waals surface area contributed by atoms with Crippen molar-refractivity contribution in [2.75, 3.05) is 0 Å². The van der Waals surface area contributed by atoms with Gasteiger partial charge in [0.15, 0.2) is 0 Å². The Labute approximate surface area is 97.2 Å². The molecule has 0 spiro atoms. The molecule has 3 nitrogen and oxygen atoms in total. The predicted octanol–water partition coefficient (Wildman–Crippen LogP) is 2.78. The highest BCUT2D eigenvalue weighted by atomic mass is 16.4. The van der Waals surface area contributed by atoms with E-state index < -0.39 is 5.97 Å². The maximum Gasteiger partial charge on any atom is 0.382 e. The first-order valence-electron chi connectivity index (χ1n) is 5.94. The molecule has 16 heavy (non-hydrogen) atoms. The number of carbonyl (C=O) groups is 2. The first-order valence-corrected chi connectivity index (χ1v) is 5.94. The van der Waals surface area contributed by atoms with Crippen LogP contribution < -0.4 is 0 Å². The molecule has 0 aromatic heterocycles. The van der Waals surface area contributed by atoms with Crippen molar-refractivity contribution in [3.8, 4) is 11.8 Å². The molecule has 0 aliphatic carbocycles. The van der Waals surface area contributed by atoms with Crippen molar-refractivity contribution in [3.05, 3.63) is 0 Å². The molecule has 1 N–H and O–H groups in total. The van der Waals surface area contributed by atoms with Crippen LogP contribution in [-0.4, -0.2) is 16.9 Å². The Bertz CT molecular complexity index is 271. The minimum Gasteiger partial charge on any atom is -0.472 e. The van der Waals surface area contributed by atoms with E-state index in [1.54, 1.807) is 0 Å². The van der Waals surface area contributed by atoms with E-state index in [9.17, 15) is 9.59 Å². The van der Waals surface area contributed by atoms with Crippen LogP contribution in [0.25, 0.3) is 0 Å². The second-order valence-corrected chi connectivity index (χ2v) is 3.85. The Kier molecular flexibility index (Phi) is 9.39. The smallest absolute Gasteiger partial charge is 0.382 e. The van der Waals surface area contributed by atoms with Gasteiger partial charge in [-0.2, -0.15) is 0 Å². The van der Waals surface area contributed by atoms with Crippen LogP contribution in [0.4, 0.5) is 0 Å². The molecule has 0 heterocycles. The number of rotatable bonds is 8. The summed E-state index contributed by atoms with van der Waals surface area (Å²) in [7, 11) is 0. The van der Waals surface area contributed by atoms with Crippen molar-refractivity contribution in [1.29, 1.82) is 0 Å². The third-order valence-electron chi connectivity index (χ3n) is 2.32. The molecule has 0 atom stereocenters. The van der Waals surface area contributed by atoms with E-state index in [0.29, 0.717) is 6.42 Å². The first kappa shape index (κ1) is 14.7. The Morgan fingerprint density at radius 2 is 1.50 bits per heavy atom. The fourth-order valence-electron chi connectivity index (χ4n) is 1.43. The van der Waals surface area contributed by atoms with Gasteiger partial charge in [0.25, 0.3) is 0 Å². The van der Waals surface area contributed by atoms with Crippen LogP contribution >= 0.6 is 0 Å². The average Bonchev–Trinajstić information content (AvgIpc) is 2.25. The topological polar surface area (TPSA) is 54.4 Å². The van der Waals surface area contributed by atoms with Crippen molar-refractivity contribution in [2.24, 2.45) is 0 Å². The van der Waals surface area contributed by atoms with E-state index in [0.717, 1.165) is 19.3 Å².